The van der Waals surface area contributed by atoms with Crippen LogP contribution in [0.5, 0.6) is 5.75 Å². The van der Waals surface area contributed by atoms with Crippen LogP contribution in [0.3, 0.4) is 0 Å². The summed E-state index contributed by atoms with van der Waals surface area (Å²) in [5.74, 6) is 0.771. The van der Waals surface area contributed by atoms with Crippen LogP contribution in [0, 0.1) is 5.41 Å². The van der Waals surface area contributed by atoms with E-state index in [0.717, 1.165) is 33.6 Å². The highest BCUT2D eigenvalue weighted by Crippen LogP contribution is 2.51. The summed E-state index contributed by atoms with van der Waals surface area (Å²) in [6.07, 6.45) is -0.836. The lowest BCUT2D eigenvalue weighted by Crippen LogP contribution is -2.45. The van der Waals surface area contributed by atoms with Crippen LogP contribution in [-0.2, 0) is 36.8 Å². The molecule has 0 aromatic heterocycles. The van der Waals surface area contributed by atoms with Gasteiger partial charge in [-0.3, -0.25) is 0 Å². The van der Waals surface area contributed by atoms with Gasteiger partial charge in [-0.2, -0.15) is 0 Å². The first-order valence-corrected chi connectivity index (χ1v) is 22.1. The van der Waals surface area contributed by atoms with E-state index in [1.165, 1.54) is 11.1 Å². The van der Waals surface area contributed by atoms with Gasteiger partial charge < -0.3 is 54.3 Å². The Kier molecular flexibility index (Phi) is 20.2. The summed E-state index contributed by atoms with van der Waals surface area (Å²) >= 11 is 0. The van der Waals surface area contributed by atoms with Gasteiger partial charge in [0.1, 0.15) is 11.9 Å². The summed E-state index contributed by atoms with van der Waals surface area (Å²) in [6, 6.07) is 9.13. The van der Waals surface area contributed by atoms with Crippen molar-refractivity contribution in [3.8, 4) is 5.75 Å². The van der Waals surface area contributed by atoms with E-state index in [0.29, 0.717) is 0 Å². The maximum atomic E-state index is 11.1. The Labute approximate surface area is 341 Å². The minimum atomic E-state index is -2.62. The summed E-state index contributed by atoms with van der Waals surface area (Å²) in [5, 5.41) is 33.2. The first-order chi connectivity index (χ1) is 24.8. The largest absolute Gasteiger partial charge is 0.484 e. The van der Waals surface area contributed by atoms with E-state index in [-0.39, 0.29) is 32.5 Å². The van der Waals surface area contributed by atoms with Crippen LogP contribution < -0.4 is 4.74 Å². The molecule has 0 aliphatic rings. The lowest BCUT2D eigenvalue weighted by molar-refractivity contribution is -0.0761. The maximum Gasteiger partial charge on any atom is 0.334 e. The Morgan fingerprint density at radius 1 is 0.446 bits per heavy atom. The highest BCUT2D eigenvalue weighted by molar-refractivity contribution is 7.53. The Morgan fingerprint density at radius 2 is 0.696 bits per heavy atom. The van der Waals surface area contributed by atoms with Gasteiger partial charge >= 0.3 is 25.8 Å². The highest BCUT2D eigenvalue weighted by Gasteiger charge is 2.47. The molecule has 56 heavy (non-hydrogen) atoms. The Balaban J connectivity index is 0.00000240. The molecule has 10 N–H and O–H groups in total. The van der Waals surface area contributed by atoms with E-state index >= 15 is 0 Å². The molecular weight excluding hydrogens is 777 g/mol. The fourth-order valence-electron chi connectivity index (χ4n) is 5.98. The van der Waals surface area contributed by atoms with Crippen molar-refractivity contribution in [2.45, 2.75) is 163 Å². The number of ether oxygens (including phenoxy) is 1. The monoisotopic (exact) mass is 852 g/mol. The number of benzene rings is 2. The van der Waals surface area contributed by atoms with Crippen molar-refractivity contribution in [1.82, 2.24) is 0 Å². The van der Waals surface area contributed by atoms with Crippen molar-refractivity contribution in [2.75, 3.05) is 19.8 Å². The summed E-state index contributed by atoms with van der Waals surface area (Å²) in [6.45, 7) is 38.6. The molecule has 2 aromatic rings. The molecule has 1 atom stereocenters. The Hall–Kier alpha value is -0.910. The second-order valence-electron chi connectivity index (χ2n) is 20.6. The smallest absolute Gasteiger partial charge is 0.334 e. The van der Waals surface area contributed by atoms with Crippen molar-refractivity contribution in [3.63, 3.8) is 0 Å². The minimum absolute atomic E-state index is 0.0788. The van der Waals surface area contributed by atoms with Crippen molar-refractivity contribution >= 4 is 25.8 Å². The average Bonchev–Trinajstić information content (AvgIpc) is 2.97. The fraction of sp³-hybridized carbons (Fsp3) is 0.707. The van der Waals surface area contributed by atoms with Gasteiger partial charge in [-0.25, -0.2) is 4.31 Å². The molecule has 326 valence electrons. The molecular formula is C41H75O12P3. The zero-order valence-electron chi connectivity index (χ0n) is 37.1. The molecule has 0 fully saturated rings. The molecule has 2 rings (SSSR count). The molecule has 0 heterocycles. The highest BCUT2D eigenvalue weighted by atomic mass is 31.2. The third-order valence-electron chi connectivity index (χ3n) is 9.38. The molecule has 0 bridgehead atoms. The van der Waals surface area contributed by atoms with Gasteiger partial charge in [-0.1, -0.05) is 149 Å². The molecule has 1 unspecified atom stereocenters. The molecule has 12 nitrogen and oxygen atoms in total. The van der Waals surface area contributed by atoms with E-state index in [2.05, 4.69) is 153 Å². The average molecular weight is 853 g/mol. The normalized spacial score (nSPS) is 14.1. The summed E-state index contributed by atoms with van der Waals surface area (Å²) < 4.78 is 11.0. The van der Waals surface area contributed by atoms with E-state index in [9.17, 15) is 15.3 Å². The van der Waals surface area contributed by atoms with Gasteiger partial charge in [-0.15, -0.1) is 0 Å². The van der Waals surface area contributed by atoms with Crippen molar-refractivity contribution < 1.29 is 58.6 Å². The van der Waals surface area contributed by atoms with Gasteiger partial charge in [0.15, 0.2) is 0 Å². The lowest BCUT2D eigenvalue weighted by Gasteiger charge is -2.44. The predicted molar refractivity (Wildman–Crippen MR) is 230 cm³/mol. The summed E-state index contributed by atoms with van der Waals surface area (Å²) in [5.41, 5.74) is 5.12. The van der Waals surface area contributed by atoms with Crippen molar-refractivity contribution in [3.05, 3.63) is 63.2 Å². The SMILES string of the molecule is CC(C)(C)c1cc(C(C)(C)C)c(OC(c2c(C(C)(C)C)cc(C(C)(C)C)cc2C(C)(C)C)C(CO)(CO)CO)c(C(C)(C)C)c1.OP(O)O.OP(O)OP(O)O. The molecule has 0 radical (unpaired) electrons. The summed E-state index contributed by atoms with van der Waals surface area (Å²) in [7, 11) is -7.84. The number of hydrogen-bond donors (Lipinski definition) is 10. The third kappa shape index (κ3) is 16.3. The zero-order chi connectivity index (χ0) is 44.8. The molecule has 2 aromatic carbocycles. The molecule has 0 spiro atoms. The van der Waals surface area contributed by atoms with Crippen LogP contribution in [0.1, 0.15) is 170 Å². The topological polar surface area (TPSA) is 221 Å². The Morgan fingerprint density at radius 3 is 0.875 bits per heavy atom. The van der Waals surface area contributed by atoms with Gasteiger partial charge in [0, 0.05) is 16.7 Å². The number of aliphatic hydroxyl groups is 3. The predicted octanol–water partition coefficient (Wildman–Crippen LogP) is 8.17. The van der Waals surface area contributed by atoms with Crippen molar-refractivity contribution in [1.29, 1.82) is 0 Å². The van der Waals surface area contributed by atoms with Crippen LogP contribution in [0.15, 0.2) is 24.3 Å². The number of rotatable bonds is 9. The number of hydrogen-bond acceptors (Lipinski definition) is 12. The standard InChI is InChI=1S/C41H68O4.H4O5P2.H3O3P/c1-35(2,3)26-19-28(37(7,8)9)32(29(20-26)38(10,11)12)34(41(23-42,24-43)25-44)45-33-30(39(13,14)15)21-27(36(4,5)6)22-31(33)40(16,17)18;1-6(2)5-7(3)4;1-4(2)3/h19-22,34,42-44H,23-25H2,1-18H3;1-4H;1-3H. The first kappa shape index (κ1) is 55.1. The van der Waals surface area contributed by atoms with Gasteiger partial charge in [-0.05, 0) is 54.7 Å². The van der Waals surface area contributed by atoms with Gasteiger partial charge in [0.05, 0.1) is 25.2 Å². The van der Waals surface area contributed by atoms with E-state index in [4.69, 9.17) is 39.0 Å². The van der Waals surface area contributed by atoms with Crippen LogP contribution in [-0.4, -0.2) is 69.4 Å². The van der Waals surface area contributed by atoms with Crippen LogP contribution in [0.4, 0.5) is 0 Å². The second-order valence-corrected chi connectivity index (χ2v) is 22.8. The van der Waals surface area contributed by atoms with Crippen LogP contribution >= 0.6 is 25.8 Å². The molecule has 0 aliphatic carbocycles. The molecule has 15 heteroatoms. The van der Waals surface area contributed by atoms with E-state index in [1.54, 1.807) is 0 Å². The minimum Gasteiger partial charge on any atom is -0.484 e. The zero-order valence-corrected chi connectivity index (χ0v) is 39.8. The first-order valence-electron chi connectivity index (χ1n) is 18.6. The van der Waals surface area contributed by atoms with E-state index in [1.807, 2.05) is 0 Å². The molecule has 0 amide bonds. The molecule has 0 saturated heterocycles. The number of aliphatic hydroxyl groups excluding tert-OH is 3. The van der Waals surface area contributed by atoms with Gasteiger partial charge in [0.25, 0.3) is 0 Å². The van der Waals surface area contributed by atoms with Crippen LogP contribution in [0.25, 0.3) is 0 Å². The molecule has 0 aliphatic heterocycles. The maximum absolute atomic E-state index is 11.1. The molecule has 0 saturated carbocycles. The van der Waals surface area contributed by atoms with Crippen molar-refractivity contribution in [2.24, 2.45) is 5.41 Å². The fourth-order valence-corrected chi connectivity index (χ4v) is 6.51. The van der Waals surface area contributed by atoms with Gasteiger partial charge in [0.2, 0.25) is 0 Å². The lowest BCUT2D eigenvalue weighted by atomic mass is 9.67. The Bertz CT molecular complexity index is 1430. The van der Waals surface area contributed by atoms with Crippen LogP contribution in [0.2, 0.25) is 0 Å². The third-order valence-corrected chi connectivity index (χ3v) is 10.5. The van der Waals surface area contributed by atoms with E-state index < -0.39 is 57.1 Å². The summed E-state index contributed by atoms with van der Waals surface area (Å²) in [4.78, 5) is 53.0. The second kappa shape index (κ2) is 20.6. The quantitative estimate of drug-likeness (QED) is 0.108.